The zero-order valence-corrected chi connectivity index (χ0v) is 13.8. The zero-order chi connectivity index (χ0) is 15.1. The van der Waals surface area contributed by atoms with Crippen molar-refractivity contribution in [2.24, 2.45) is 16.6 Å². The maximum atomic E-state index is 11.4. The standard InChI is InChI=1S/C17H33NO2/c1-5-15(4)12-17(19,10-11-20-15)16(13-18)8-6-14(2,3)7-9-16/h19H,5-13,18H2,1-4H3. The van der Waals surface area contributed by atoms with Crippen LogP contribution in [-0.4, -0.2) is 29.5 Å². The summed E-state index contributed by atoms with van der Waals surface area (Å²) in [5, 5.41) is 11.4. The number of nitrogens with two attached hydrogens (primary N) is 1. The molecule has 3 N–H and O–H groups in total. The van der Waals surface area contributed by atoms with Crippen LogP contribution in [0.5, 0.6) is 0 Å². The van der Waals surface area contributed by atoms with Crippen LogP contribution in [-0.2, 0) is 4.74 Å². The van der Waals surface area contributed by atoms with Gasteiger partial charge in [-0.25, -0.2) is 0 Å². The number of hydrogen-bond acceptors (Lipinski definition) is 3. The lowest BCUT2D eigenvalue weighted by molar-refractivity contribution is -0.210. The average molecular weight is 283 g/mol. The lowest BCUT2D eigenvalue weighted by Crippen LogP contribution is -2.60. The molecule has 3 nitrogen and oxygen atoms in total. The minimum Gasteiger partial charge on any atom is -0.389 e. The summed E-state index contributed by atoms with van der Waals surface area (Å²) < 4.78 is 5.93. The molecule has 1 heterocycles. The average Bonchev–Trinajstić information content (AvgIpc) is 2.39. The van der Waals surface area contributed by atoms with Crippen molar-refractivity contribution in [1.29, 1.82) is 0 Å². The van der Waals surface area contributed by atoms with Crippen LogP contribution in [0.2, 0.25) is 0 Å². The van der Waals surface area contributed by atoms with Gasteiger partial charge in [0.05, 0.1) is 17.8 Å². The molecule has 118 valence electrons. The van der Waals surface area contributed by atoms with E-state index in [1.807, 2.05) is 0 Å². The summed E-state index contributed by atoms with van der Waals surface area (Å²) in [6, 6.07) is 0. The number of rotatable bonds is 3. The minimum atomic E-state index is -0.652. The van der Waals surface area contributed by atoms with E-state index in [9.17, 15) is 5.11 Å². The first kappa shape index (κ1) is 16.3. The first-order valence-electron chi connectivity index (χ1n) is 8.26. The quantitative estimate of drug-likeness (QED) is 0.836. The zero-order valence-electron chi connectivity index (χ0n) is 13.8. The Kier molecular flexibility index (Phi) is 4.27. The topological polar surface area (TPSA) is 55.5 Å². The van der Waals surface area contributed by atoms with Crippen LogP contribution in [0.25, 0.3) is 0 Å². The lowest BCUT2D eigenvalue weighted by Gasteiger charge is -2.56. The largest absolute Gasteiger partial charge is 0.389 e. The van der Waals surface area contributed by atoms with Crippen molar-refractivity contribution in [3.05, 3.63) is 0 Å². The van der Waals surface area contributed by atoms with Crippen molar-refractivity contribution < 1.29 is 9.84 Å². The van der Waals surface area contributed by atoms with Crippen molar-refractivity contribution >= 4 is 0 Å². The molecule has 1 saturated heterocycles. The summed E-state index contributed by atoms with van der Waals surface area (Å²) in [6.07, 6.45) is 6.84. The second-order valence-electron chi connectivity index (χ2n) is 8.26. The summed E-state index contributed by atoms with van der Waals surface area (Å²) >= 11 is 0. The molecule has 20 heavy (non-hydrogen) atoms. The fourth-order valence-corrected chi connectivity index (χ4v) is 4.17. The highest BCUT2D eigenvalue weighted by molar-refractivity contribution is 5.07. The molecule has 2 unspecified atom stereocenters. The third-order valence-electron chi connectivity index (χ3n) is 6.32. The van der Waals surface area contributed by atoms with E-state index in [0.29, 0.717) is 18.6 Å². The number of ether oxygens (including phenoxy) is 1. The van der Waals surface area contributed by atoms with Gasteiger partial charge >= 0.3 is 0 Å². The monoisotopic (exact) mass is 283 g/mol. The molecule has 2 fully saturated rings. The predicted octanol–water partition coefficient (Wildman–Crippen LogP) is 3.24. The Bertz CT molecular complexity index is 345. The van der Waals surface area contributed by atoms with Gasteiger partial charge in [-0.05, 0) is 44.4 Å². The van der Waals surface area contributed by atoms with Crippen LogP contribution in [0.15, 0.2) is 0 Å². The summed E-state index contributed by atoms with van der Waals surface area (Å²) in [6.45, 7) is 10.2. The second kappa shape index (κ2) is 5.26. The van der Waals surface area contributed by atoms with Gasteiger partial charge in [0.15, 0.2) is 0 Å². The lowest BCUT2D eigenvalue weighted by atomic mass is 9.55. The van der Waals surface area contributed by atoms with Crippen LogP contribution in [0.1, 0.15) is 72.6 Å². The Morgan fingerprint density at radius 1 is 1.05 bits per heavy atom. The molecule has 2 rings (SSSR count). The van der Waals surface area contributed by atoms with Gasteiger partial charge in [0.2, 0.25) is 0 Å². The molecule has 3 heteroatoms. The number of hydrogen-bond donors (Lipinski definition) is 2. The Hall–Kier alpha value is -0.120. The summed E-state index contributed by atoms with van der Waals surface area (Å²) in [7, 11) is 0. The molecule has 0 bridgehead atoms. The highest BCUT2D eigenvalue weighted by Gasteiger charge is 2.55. The first-order valence-corrected chi connectivity index (χ1v) is 8.26. The van der Waals surface area contributed by atoms with E-state index in [4.69, 9.17) is 10.5 Å². The molecule has 0 aromatic carbocycles. The van der Waals surface area contributed by atoms with E-state index < -0.39 is 5.60 Å². The van der Waals surface area contributed by atoms with Crippen molar-refractivity contribution in [2.75, 3.05) is 13.2 Å². The summed E-state index contributed by atoms with van der Waals surface area (Å²) in [4.78, 5) is 0. The van der Waals surface area contributed by atoms with E-state index in [-0.39, 0.29) is 11.0 Å². The summed E-state index contributed by atoms with van der Waals surface area (Å²) in [5.74, 6) is 0. The molecule has 2 aliphatic rings. The number of aliphatic hydroxyl groups is 1. The van der Waals surface area contributed by atoms with Gasteiger partial charge in [-0.2, -0.15) is 0 Å². The van der Waals surface area contributed by atoms with Crippen molar-refractivity contribution in [1.82, 2.24) is 0 Å². The van der Waals surface area contributed by atoms with Crippen LogP contribution < -0.4 is 5.73 Å². The van der Waals surface area contributed by atoms with Crippen molar-refractivity contribution in [3.8, 4) is 0 Å². The Balaban J connectivity index is 2.22. The molecule has 1 saturated carbocycles. The fraction of sp³-hybridized carbons (Fsp3) is 1.00. The van der Waals surface area contributed by atoms with Gasteiger partial charge in [0.1, 0.15) is 0 Å². The normalized spacial score (nSPS) is 40.5. The molecule has 0 radical (unpaired) electrons. The van der Waals surface area contributed by atoms with Gasteiger partial charge in [0.25, 0.3) is 0 Å². The van der Waals surface area contributed by atoms with E-state index in [1.54, 1.807) is 0 Å². The highest BCUT2D eigenvalue weighted by Crippen LogP contribution is 2.54. The van der Waals surface area contributed by atoms with E-state index >= 15 is 0 Å². The van der Waals surface area contributed by atoms with Gasteiger partial charge in [-0.1, -0.05) is 20.8 Å². The molecule has 1 aliphatic heterocycles. The van der Waals surface area contributed by atoms with Crippen LogP contribution in [0, 0.1) is 10.8 Å². The SMILES string of the molecule is CCC1(C)CC(O)(C2(CN)CCC(C)(C)CC2)CCO1. The third kappa shape index (κ3) is 2.77. The van der Waals surface area contributed by atoms with Crippen molar-refractivity contribution in [2.45, 2.75) is 83.8 Å². The molecule has 2 atom stereocenters. The molecule has 0 aromatic rings. The molecular formula is C17H33NO2. The van der Waals surface area contributed by atoms with Crippen LogP contribution in [0.3, 0.4) is 0 Å². The molecule has 0 aromatic heterocycles. The molecule has 0 amide bonds. The Morgan fingerprint density at radius 2 is 1.65 bits per heavy atom. The summed E-state index contributed by atoms with van der Waals surface area (Å²) in [5.41, 5.74) is 5.62. The third-order valence-corrected chi connectivity index (χ3v) is 6.32. The van der Waals surface area contributed by atoms with Gasteiger partial charge in [-0.3, -0.25) is 0 Å². The Morgan fingerprint density at radius 3 is 2.15 bits per heavy atom. The van der Waals surface area contributed by atoms with E-state index in [1.165, 1.54) is 0 Å². The molecular weight excluding hydrogens is 250 g/mol. The van der Waals surface area contributed by atoms with Crippen LogP contribution in [0.4, 0.5) is 0 Å². The van der Waals surface area contributed by atoms with Gasteiger partial charge in [-0.15, -0.1) is 0 Å². The van der Waals surface area contributed by atoms with E-state index in [2.05, 4.69) is 27.7 Å². The highest BCUT2D eigenvalue weighted by atomic mass is 16.5. The first-order chi connectivity index (χ1) is 9.20. The molecule has 0 spiro atoms. The smallest absolute Gasteiger partial charge is 0.0765 e. The van der Waals surface area contributed by atoms with Crippen LogP contribution >= 0.6 is 0 Å². The van der Waals surface area contributed by atoms with Gasteiger partial charge in [0, 0.05) is 24.8 Å². The second-order valence-corrected chi connectivity index (χ2v) is 8.26. The predicted molar refractivity (Wildman–Crippen MR) is 82.6 cm³/mol. The van der Waals surface area contributed by atoms with Gasteiger partial charge < -0.3 is 15.6 Å². The van der Waals surface area contributed by atoms with Crippen molar-refractivity contribution in [3.63, 3.8) is 0 Å². The fourth-order valence-electron chi connectivity index (χ4n) is 4.17. The maximum absolute atomic E-state index is 11.4. The van der Waals surface area contributed by atoms with E-state index in [0.717, 1.165) is 44.9 Å². The maximum Gasteiger partial charge on any atom is 0.0765 e. The molecule has 1 aliphatic carbocycles. The minimum absolute atomic E-state index is 0.108. The Labute approximate surface area is 124 Å².